The zero-order valence-electron chi connectivity index (χ0n) is 18.5. The maximum absolute atomic E-state index is 12.6. The molecule has 2 fully saturated rings. The average Bonchev–Trinajstić information content (AvgIpc) is 3.22. The minimum Gasteiger partial charge on any atom is -0.508 e. The highest BCUT2D eigenvalue weighted by atomic mass is 19.4. The number of hydrogen-bond acceptors (Lipinski definition) is 6. The summed E-state index contributed by atoms with van der Waals surface area (Å²) < 4.78 is 37.7. The molecule has 1 spiro atoms. The Kier molecular flexibility index (Phi) is 7.95. The van der Waals surface area contributed by atoms with Gasteiger partial charge in [0, 0.05) is 31.1 Å². The number of ether oxygens (including phenoxy) is 1. The Morgan fingerprint density at radius 1 is 1.17 bits per heavy atom. The molecule has 4 rings (SSSR count). The van der Waals surface area contributed by atoms with E-state index in [2.05, 4.69) is 10.3 Å². The third-order valence-electron chi connectivity index (χ3n) is 5.84. The number of alkyl halides is 3. The van der Waals surface area contributed by atoms with Crippen molar-refractivity contribution in [3.63, 3.8) is 0 Å². The second-order valence-corrected chi connectivity index (χ2v) is 8.20. The SMILES string of the molecule is O=C(NCCC1CCOC12CN(C(=O)c1cccc(O)c1)C2)c1cccnc1.O=C(O)C(F)(F)F. The van der Waals surface area contributed by atoms with E-state index in [1.54, 1.807) is 47.6 Å². The number of carboxylic acid groups (broad SMARTS) is 1. The molecular weight excluding hydrogens is 471 g/mol. The van der Waals surface area contributed by atoms with Crippen molar-refractivity contribution in [3.05, 3.63) is 59.9 Å². The number of amides is 2. The Labute approximate surface area is 198 Å². The molecule has 2 amide bonds. The first-order valence-corrected chi connectivity index (χ1v) is 10.7. The van der Waals surface area contributed by atoms with Gasteiger partial charge in [-0.25, -0.2) is 4.79 Å². The highest BCUT2D eigenvalue weighted by molar-refractivity contribution is 5.95. The molecule has 2 aliphatic rings. The van der Waals surface area contributed by atoms with Crippen molar-refractivity contribution < 1.29 is 42.5 Å². The van der Waals surface area contributed by atoms with E-state index in [0.717, 1.165) is 12.8 Å². The van der Waals surface area contributed by atoms with Crippen LogP contribution in [0.25, 0.3) is 0 Å². The van der Waals surface area contributed by atoms with Gasteiger partial charge in [0.1, 0.15) is 11.4 Å². The van der Waals surface area contributed by atoms with Crippen LogP contribution >= 0.6 is 0 Å². The predicted molar refractivity (Wildman–Crippen MR) is 116 cm³/mol. The minimum absolute atomic E-state index is 0.0837. The molecule has 188 valence electrons. The van der Waals surface area contributed by atoms with Crippen molar-refractivity contribution in [1.82, 2.24) is 15.2 Å². The molecule has 2 aliphatic heterocycles. The van der Waals surface area contributed by atoms with Crippen LogP contribution in [-0.2, 0) is 9.53 Å². The van der Waals surface area contributed by atoms with Gasteiger partial charge in [-0.2, -0.15) is 13.2 Å². The lowest BCUT2D eigenvalue weighted by atomic mass is 9.78. The van der Waals surface area contributed by atoms with E-state index in [-0.39, 0.29) is 23.2 Å². The number of aliphatic carboxylic acids is 1. The van der Waals surface area contributed by atoms with E-state index < -0.39 is 12.1 Å². The molecule has 0 aliphatic carbocycles. The molecule has 1 unspecified atom stereocenters. The summed E-state index contributed by atoms with van der Waals surface area (Å²) in [7, 11) is 0. The Morgan fingerprint density at radius 3 is 2.46 bits per heavy atom. The van der Waals surface area contributed by atoms with E-state index >= 15 is 0 Å². The third-order valence-corrected chi connectivity index (χ3v) is 5.84. The second-order valence-electron chi connectivity index (χ2n) is 8.20. The van der Waals surface area contributed by atoms with Gasteiger partial charge in [0.15, 0.2) is 0 Å². The van der Waals surface area contributed by atoms with E-state index in [9.17, 15) is 27.9 Å². The number of halogens is 3. The number of hydrogen-bond donors (Lipinski definition) is 3. The lowest BCUT2D eigenvalue weighted by Crippen LogP contribution is -2.66. The monoisotopic (exact) mass is 495 g/mol. The number of aromatic nitrogens is 1. The van der Waals surface area contributed by atoms with E-state index in [4.69, 9.17) is 14.6 Å². The number of rotatable bonds is 5. The topological polar surface area (TPSA) is 129 Å². The summed E-state index contributed by atoms with van der Waals surface area (Å²) in [6.07, 6.45) is -0.166. The molecular formula is C23H24F3N3O6. The van der Waals surface area contributed by atoms with Crippen molar-refractivity contribution in [1.29, 1.82) is 0 Å². The summed E-state index contributed by atoms with van der Waals surface area (Å²) in [6, 6.07) is 9.87. The smallest absolute Gasteiger partial charge is 0.490 e. The van der Waals surface area contributed by atoms with Crippen LogP contribution in [-0.4, -0.2) is 75.9 Å². The van der Waals surface area contributed by atoms with Crippen LogP contribution in [0.1, 0.15) is 33.6 Å². The zero-order valence-corrected chi connectivity index (χ0v) is 18.5. The quantitative estimate of drug-likeness (QED) is 0.581. The van der Waals surface area contributed by atoms with Crippen LogP contribution in [0.5, 0.6) is 5.75 Å². The van der Waals surface area contributed by atoms with Gasteiger partial charge in [0.2, 0.25) is 0 Å². The number of nitrogens with one attached hydrogen (secondary N) is 1. The van der Waals surface area contributed by atoms with Crippen molar-refractivity contribution in [2.75, 3.05) is 26.2 Å². The first kappa shape index (κ1) is 25.9. The number of carboxylic acids is 1. The fourth-order valence-corrected chi connectivity index (χ4v) is 4.07. The Hall–Kier alpha value is -3.67. The third kappa shape index (κ3) is 6.47. The van der Waals surface area contributed by atoms with Crippen LogP contribution in [0.2, 0.25) is 0 Å². The Morgan fingerprint density at radius 2 is 1.86 bits per heavy atom. The van der Waals surface area contributed by atoms with Gasteiger partial charge in [0.05, 0.1) is 18.7 Å². The van der Waals surface area contributed by atoms with Gasteiger partial charge in [-0.1, -0.05) is 6.07 Å². The molecule has 0 radical (unpaired) electrons. The van der Waals surface area contributed by atoms with Crippen LogP contribution < -0.4 is 5.32 Å². The van der Waals surface area contributed by atoms with Crippen LogP contribution in [0.3, 0.4) is 0 Å². The van der Waals surface area contributed by atoms with E-state index in [1.807, 2.05) is 0 Å². The number of pyridine rings is 1. The molecule has 1 atom stereocenters. The molecule has 1 aromatic heterocycles. The predicted octanol–water partition coefficient (Wildman–Crippen LogP) is 2.47. The molecule has 9 nitrogen and oxygen atoms in total. The van der Waals surface area contributed by atoms with Gasteiger partial charge >= 0.3 is 12.1 Å². The first-order valence-electron chi connectivity index (χ1n) is 10.7. The summed E-state index contributed by atoms with van der Waals surface area (Å²) in [6.45, 7) is 2.32. The lowest BCUT2D eigenvalue weighted by Gasteiger charge is -2.50. The number of phenols is 1. The average molecular weight is 495 g/mol. The van der Waals surface area contributed by atoms with Crippen molar-refractivity contribution in [3.8, 4) is 5.75 Å². The van der Waals surface area contributed by atoms with Gasteiger partial charge in [-0.3, -0.25) is 14.6 Å². The molecule has 0 saturated carbocycles. The minimum atomic E-state index is -5.08. The van der Waals surface area contributed by atoms with Crippen LogP contribution in [0.4, 0.5) is 13.2 Å². The summed E-state index contributed by atoms with van der Waals surface area (Å²) in [5.41, 5.74) is 0.713. The maximum Gasteiger partial charge on any atom is 0.490 e. The molecule has 3 heterocycles. The number of carbonyl (C=O) groups excluding carboxylic acids is 2. The van der Waals surface area contributed by atoms with Gasteiger partial charge in [-0.05, 0) is 49.1 Å². The Balaban J connectivity index is 0.000000429. The normalized spacial score (nSPS) is 18.3. The van der Waals surface area contributed by atoms with Gasteiger partial charge in [0.25, 0.3) is 11.8 Å². The molecule has 1 aromatic carbocycles. The highest BCUT2D eigenvalue weighted by Gasteiger charge is 2.54. The number of likely N-dealkylation sites (tertiary alicyclic amines) is 1. The number of nitrogens with zero attached hydrogens (tertiary/aromatic N) is 2. The van der Waals surface area contributed by atoms with Crippen molar-refractivity contribution >= 4 is 17.8 Å². The molecule has 35 heavy (non-hydrogen) atoms. The molecule has 3 N–H and O–H groups in total. The highest BCUT2D eigenvalue weighted by Crippen LogP contribution is 2.42. The molecule has 0 bridgehead atoms. The maximum atomic E-state index is 12.6. The number of phenolic OH excluding ortho intramolecular Hbond substituents is 1. The zero-order chi connectivity index (χ0) is 25.6. The fraction of sp³-hybridized carbons (Fsp3) is 0.391. The first-order chi connectivity index (χ1) is 16.5. The lowest BCUT2D eigenvalue weighted by molar-refractivity contribution is -0.192. The summed E-state index contributed by atoms with van der Waals surface area (Å²) in [5, 5.41) is 19.6. The van der Waals surface area contributed by atoms with E-state index in [0.29, 0.717) is 43.3 Å². The fourth-order valence-electron chi connectivity index (χ4n) is 4.07. The molecule has 12 heteroatoms. The summed E-state index contributed by atoms with van der Waals surface area (Å²) in [5.74, 6) is -2.60. The molecule has 2 saturated heterocycles. The van der Waals surface area contributed by atoms with Gasteiger partial charge in [-0.15, -0.1) is 0 Å². The number of aromatic hydroxyl groups is 1. The summed E-state index contributed by atoms with van der Waals surface area (Å²) in [4.78, 5) is 39.3. The van der Waals surface area contributed by atoms with Crippen LogP contribution in [0, 0.1) is 5.92 Å². The summed E-state index contributed by atoms with van der Waals surface area (Å²) >= 11 is 0. The number of carbonyl (C=O) groups is 3. The van der Waals surface area contributed by atoms with E-state index in [1.165, 1.54) is 6.07 Å². The van der Waals surface area contributed by atoms with Gasteiger partial charge < -0.3 is 25.2 Å². The standard InChI is InChI=1S/C21H23N3O4.C2HF3O2/c25-18-5-1-3-15(11-18)20(27)24-13-21(14-24)17(7-10-28-21)6-9-23-19(26)16-4-2-8-22-12-16;3-2(4,5)1(6)7/h1-5,8,11-12,17,25H,6-7,9-10,13-14H2,(H,23,26);(H,6,7). The second kappa shape index (κ2) is 10.7. The largest absolute Gasteiger partial charge is 0.508 e. The van der Waals surface area contributed by atoms with Crippen molar-refractivity contribution in [2.45, 2.75) is 24.6 Å². The Bertz CT molecular complexity index is 1060. The molecule has 2 aromatic rings. The number of benzene rings is 1. The van der Waals surface area contributed by atoms with Crippen molar-refractivity contribution in [2.24, 2.45) is 5.92 Å². The van der Waals surface area contributed by atoms with Crippen LogP contribution in [0.15, 0.2) is 48.8 Å².